The third kappa shape index (κ3) is 5.16. The van der Waals surface area contributed by atoms with Crippen molar-refractivity contribution >= 4 is 44.4 Å². The van der Waals surface area contributed by atoms with Crippen LogP contribution in [-0.4, -0.2) is 47.4 Å². The van der Waals surface area contributed by atoms with Gasteiger partial charge in [0.15, 0.2) is 5.65 Å². The molecule has 0 aliphatic carbocycles. The number of rotatable bonds is 8. The summed E-state index contributed by atoms with van der Waals surface area (Å²) in [5.74, 6) is 0.108. The molecule has 0 radical (unpaired) electrons. The molecule has 0 saturated carbocycles. The number of amides is 1. The average molecular weight is 506 g/mol. The molecule has 1 aliphatic heterocycles. The summed E-state index contributed by atoms with van der Waals surface area (Å²) in [5.41, 5.74) is 7.31. The van der Waals surface area contributed by atoms with Crippen LogP contribution in [0.1, 0.15) is 28.8 Å². The Morgan fingerprint density at radius 1 is 1.08 bits per heavy atom. The van der Waals surface area contributed by atoms with Crippen LogP contribution in [0.5, 0.6) is 0 Å². The van der Waals surface area contributed by atoms with E-state index in [0.29, 0.717) is 28.0 Å². The van der Waals surface area contributed by atoms with Crippen molar-refractivity contribution < 1.29 is 13.2 Å². The number of anilines is 3. The van der Waals surface area contributed by atoms with Crippen molar-refractivity contribution in [3.8, 4) is 0 Å². The second-order valence-electron chi connectivity index (χ2n) is 8.74. The molecule has 5 N–H and O–H groups in total. The molecule has 4 aromatic rings. The molecule has 10 nitrogen and oxygen atoms in total. The Morgan fingerprint density at radius 2 is 1.86 bits per heavy atom. The van der Waals surface area contributed by atoms with Gasteiger partial charge in [-0.3, -0.25) is 4.79 Å². The van der Waals surface area contributed by atoms with Crippen LogP contribution in [0, 0.1) is 0 Å². The highest BCUT2D eigenvalue weighted by molar-refractivity contribution is 7.89. The van der Waals surface area contributed by atoms with Crippen LogP contribution < -0.4 is 21.7 Å². The minimum Gasteiger partial charge on any atom is -0.366 e. The molecule has 1 amide bonds. The lowest BCUT2D eigenvalue weighted by atomic mass is 10.1. The summed E-state index contributed by atoms with van der Waals surface area (Å²) in [4.78, 5) is 20.6. The average Bonchev–Trinajstić information content (AvgIpc) is 3.31. The molecule has 1 atom stereocenters. The Labute approximate surface area is 209 Å². The maximum absolute atomic E-state index is 13.4. The number of piperidine rings is 1. The molecule has 3 heterocycles. The van der Waals surface area contributed by atoms with E-state index >= 15 is 0 Å². The van der Waals surface area contributed by atoms with Crippen LogP contribution in [0.4, 0.5) is 17.5 Å². The zero-order valence-corrected chi connectivity index (χ0v) is 20.3. The van der Waals surface area contributed by atoms with E-state index in [1.807, 2.05) is 18.2 Å². The van der Waals surface area contributed by atoms with Gasteiger partial charge in [-0.15, -0.1) is 0 Å². The minimum absolute atomic E-state index is 0.156. The Balaban J connectivity index is 1.54. The van der Waals surface area contributed by atoms with Crippen LogP contribution in [0.25, 0.3) is 11.0 Å². The van der Waals surface area contributed by atoms with Crippen LogP contribution in [0.15, 0.2) is 66.9 Å². The van der Waals surface area contributed by atoms with E-state index < -0.39 is 15.9 Å². The lowest BCUT2D eigenvalue weighted by Gasteiger charge is -2.24. The largest absolute Gasteiger partial charge is 0.366 e. The molecule has 5 rings (SSSR count). The second-order valence-corrected chi connectivity index (χ2v) is 10.6. The molecule has 186 valence electrons. The lowest BCUT2D eigenvalue weighted by molar-refractivity contribution is 0.100. The van der Waals surface area contributed by atoms with Crippen molar-refractivity contribution in [2.24, 2.45) is 5.73 Å². The van der Waals surface area contributed by atoms with Gasteiger partial charge in [-0.2, -0.15) is 9.97 Å². The highest BCUT2D eigenvalue weighted by atomic mass is 32.2. The van der Waals surface area contributed by atoms with Crippen molar-refractivity contribution in [2.45, 2.75) is 24.6 Å². The number of hydrogen-bond donors (Lipinski definition) is 4. The molecule has 1 unspecified atom stereocenters. The van der Waals surface area contributed by atoms with E-state index in [2.05, 4.69) is 25.9 Å². The highest BCUT2D eigenvalue weighted by Crippen LogP contribution is 2.28. The van der Waals surface area contributed by atoms with E-state index in [-0.39, 0.29) is 23.4 Å². The number of aromatic nitrogens is 3. The first kappa shape index (κ1) is 23.8. The number of primary amides is 1. The van der Waals surface area contributed by atoms with Gasteiger partial charge in [0.25, 0.3) is 0 Å². The first-order chi connectivity index (χ1) is 17.4. The topological polar surface area (TPSA) is 144 Å². The molecule has 1 saturated heterocycles. The number of nitrogens with zero attached hydrogens (tertiary/aromatic N) is 3. The fourth-order valence-corrected chi connectivity index (χ4v) is 5.65. The third-order valence-corrected chi connectivity index (χ3v) is 7.66. The van der Waals surface area contributed by atoms with E-state index in [1.165, 1.54) is 10.2 Å². The van der Waals surface area contributed by atoms with E-state index in [1.54, 1.807) is 42.5 Å². The molecule has 0 bridgehead atoms. The summed E-state index contributed by atoms with van der Waals surface area (Å²) in [6.07, 6.45) is 3.53. The summed E-state index contributed by atoms with van der Waals surface area (Å²) in [6.45, 7) is 1.76. The normalized spacial score (nSPS) is 16.1. The van der Waals surface area contributed by atoms with E-state index in [9.17, 15) is 13.2 Å². The van der Waals surface area contributed by atoms with Gasteiger partial charge >= 0.3 is 0 Å². The fraction of sp³-hybridized carbons (Fsp3) is 0.240. The van der Waals surface area contributed by atoms with Crippen molar-refractivity contribution in [3.63, 3.8) is 0 Å². The van der Waals surface area contributed by atoms with Crippen molar-refractivity contribution in [2.75, 3.05) is 23.7 Å². The number of carbonyl (C=O) groups is 1. The number of fused-ring (bicyclic) bond motifs is 1. The van der Waals surface area contributed by atoms with Gasteiger partial charge in [0.2, 0.25) is 21.9 Å². The lowest BCUT2D eigenvalue weighted by Crippen LogP contribution is -2.38. The predicted octanol–water partition coefficient (Wildman–Crippen LogP) is 2.82. The standard InChI is InChI=1S/C25H27N7O3S/c26-22(33)18-8-10-19(11-9-18)29-25-30-23(28-20-7-4-13-27-15-20)21-12-14-32(24(21)31-25)36(34,35)16-17-5-2-1-3-6-17/h1-3,5-6,8-12,14,20,27H,4,7,13,15-16H2,(H2,26,33)(H2,28,29,30,31). The summed E-state index contributed by atoms with van der Waals surface area (Å²) in [6, 6.07) is 17.5. The quantitative estimate of drug-likeness (QED) is 0.286. The van der Waals surface area contributed by atoms with Gasteiger partial charge in [-0.1, -0.05) is 30.3 Å². The number of hydrogen-bond acceptors (Lipinski definition) is 8. The fourth-order valence-electron chi connectivity index (χ4n) is 4.25. The van der Waals surface area contributed by atoms with E-state index in [4.69, 9.17) is 5.73 Å². The summed E-state index contributed by atoms with van der Waals surface area (Å²) in [5, 5.41) is 10.6. The van der Waals surface area contributed by atoms with Crippen molar-refractivity contribution in [1.82, 2.24) is 19.3 Å². The summed E-state index contributed by atoms with van der Waals surface area (Å²) < 4.78 is 27.9. The molecule has 0 spiro atoms. The molecule has 2 aromatic carbocycles. The third-order valence-electron chi connectivity index (χ3n) is 6.07. The van der Waals surface area contributed by atoms with Crippen molar-refractivity contribution in [3.05, 3.63) is 78.0 Å². The molecule has 2 aromatic heterocycles. The zero-order valence-electron chi connectivity index (χ0n) is 19.5. The summed E-state index contributed by atoms with van der Waals surface area (Å²) in [7, 11) is -3.74. The Morgan fingerprint density at radius 3 is 2.56 bits per heavy atom. The minimum atomic E-state index is -3.74. The molecule has 1 aliphatic rings. The zero-order chi connectivity index (χ0) is 25.1. The van der Waals surface area contributed by atoms with Gasteiger partial charge in [0.05, 0.1) is 11.1 Å². The predicted molar refractivity (Wildman–Crippen MR) is 140 cm³/mol. The summed E-state index contributed by atoms with van der Waals surface area (Å²) >= 11 is 0. The Kier molecular flexibility index (Phi) is 6.57. The molecule has 11 heteroatoms. The Bertz CT molecular complexity index is 1480. The molecular weight excluding hydrogens is 478 g/mol. The van der Waals surface area contributed by atoms with Crippen LogP contribution in [-0.2, 0) is 15.8 Å². The second kappa shape index (κ2) is 9.96. The van der Waals surface area contributed by atoms with Crippen LogP contribution >= 0.6 is 0 Å². The van der Waals surface area contributed by atoms with Crippen LogP contribution in [0.2, 0.25) is 0 Å². The maximum atomic E-state index is 13.4. The number of carbonyl (C=O) groups excluding carboxylic acids is 1. The Hall–Kier alpha value is -3.96. The van der Waals surface area contributed by atoms with Gasteiger partial charge in [-0.05, 0) is 55.3 Å². The van der Waals surface area contributed by atoms with Crippen molar-refractivity contribution in [1.29, 1.82) is 0 Å². The van der Waals surface area contributed by atoms with Gasteiger partial charge < -0.3 is 21.7 Å². The SMILES string of the molecule is NC(=O)c1ccc(Nc2nc(NC3CCCNC3)c3ccn(S(=O)(=O)Cc4ccccc4)c3n2)cc1. The van der Waals surface area contributed by atoms with Gasteiger partial charge in [-0.25, -0.2) is 12.4 Å². The molecular formula is C25H27N7O3S. The molecule has 36 heavy (non-hydrogen) atoms. The first-order valence-electron chi connectivity index (χ1n) is 11.7. The number of nitrogens with two attached hydrogens (primary N) is 1. The maximum Gasteiger partial charge on any atom is 0.248 e. The van der Waals surface area contributed by atoms with E-state index in [0.717, 1.165) is 25.9 Å². The van der Waals surface area contributed by atoms with Crippen LogP contribution in [0.3, 0.4) is 0 Å². The first-order valence-corrected chi connectivity index (χ1v) is 13.3. The van der Waals surface area contributed by atoms with Gasteiger partial charge in [0.1, 0.15) is 5.82 Å². The highest BCUT2D eigenvalue weighted by Gasteiger charge is 2.22. The molecule has 1 fully saturated rings. The van der Waals surface area contributed by atoms with Gasteiger partial charge in [0, 0.05) is 30.0 Å². The monoisotopic (exact) mass is 505 g/mol. The number of nitrogens with one attached hydrogen (secondary N) is 3. The smallest absolute Gasteiger partial charge is 0.248 e. The number of benzene rings is 2.